The molecule has 1 nitrogen and oxygen atoms in total. The minimum atomic E-state index is -4.28. The van der Waals surface area contributed by atoms with Gasteiger partial charge in [-0.15, -0.1) is 23.7 Å². The van der Waals surface area contributed by atoms with Crippen molar-refractivity contribution in [3.8, 4) is 0 Å². The highest BCUT2D eigenvalue weighted by atomic mass is 35.5. The predicted molar refractivity (Wildman–Crippen MR) is 105 cm³/mol. The lowest BCUT2D eigenvalue weighted by Gasteiger charge is -2.14. The van der Waals surface area contributed by atoms with Crippen LogP contribution >= 0.6 is 23.7 Å². The molecule has 0 aliphatic carbocycles. The van der Waals surface area contributed by atoms with Crippen LogP contribution in [-0.2, 0) is 12.6 Å². The molecule has 3 rings (SSSR count). The number of benzene rings is 2. The van der Waals surface area contributed by atoms with Gasteiger partial charge >= 0.3 is 6.18 Å². The molecule has 0 amide bonds. The summed E-state index contributed by atoms with van der Waals surface area (Å²) < 4.78 is 39.5. The molecule has 26 heavy (non-hydrogen) atoms. The van der Waals surface area contributed by atoms with Gasteiger partial charge in [0.25, 0.3) is 0 Å². The third-order valence-electron chi connectivity index (χ3n) is 4.32. The summed E-state index contributed by atoms with van der Waals surface area (Å²) in [4.78, 5) is 0. The van der Waals surface area contributed by atoms with Crippen molar-refractivity contribution in [3.63, 3.8) is 0 Å². The quantitative estimate of drug-likeness (QED) is 0.459. The average molecular weight is 400 g/mol. The molecule has 0 saturated heterocycles. The highest BCUT2D eigenvalue weighted by Crippen LogP contribution is 2.31. The number of aryl methyl sites for hydroxylation is 1. The molecule has 0 fully saturated rings. The average Bonchev–Trinajstić information content (AvgIpc) is 3.02. The van der Waals surface area contributed by atoms with Crippen LogP contribution in [-0.4, -0.2) is 6.54 Å². The smallest absolute Gasteiger partial charge is 0.310 e. The van der Waals surface area contributed by atoms with E-state index in [2.05, 4.69) is 29.8 Å². The minimum absolute atomic E-state index is 0. The number of thiophene rings is 1. The maximum Gasteiger partial charge on any atom is 0.416 e. The molecule has 1 N–H and O–H groups in total. The largest absolute Gasteiger partial charge is 0.416 e. The van der Waals surface area contributed by atoms with Crippen LogP contribution in [0.3, 0.4) is 0 Å². The van der Waals surface area contributed by atoms with Crippen LogP contribution in [0.1, 0.15) is 36.1 Å². The van der Waals surface area contributed by atoms with Crippen molar-refractivity contribution >= 4 is 33.8 Å². The van der Waals surface area contributed by atoms with Crippen molar-refractivity contribution in [2.75, 3.05) is 6.54 Å². The van der Waals surface area contributed by atoms with Gasteiger partial charge in [0.15, 0.2) is 0 Å². The Hall–Kier alpha value is -1.56. The molecule has 0 spiro atoms. The molecule has 6 heteroatoms. The SMILES string of the molecule is CC(NCCCc1cccc(C(F)(F)F)c1)c1csc2ccccc12.Cl. The first-order chi connectivity index (χ1) is 11.9. The van der Waals surface area contributed by atoms with E-state index in [0.717, 1.165) is 24.6 Å². The summed E-state index contributed by atoms with van der Waals surface area (Å²) in [5, 5.41) is 6.92. The Bertz CT molecular complexity index is 844. The molecule has 0 saturated carbocycles. The molecular formula is C20H21ClF3NS. The standard InChI is InChI=1S/C20H20F3NS.ClH/c1-14(18-13-25-19-10-3-2-9-17(18)19)24-11-5-7-15-6-4-8-16(12-15)20(21,22)23;/h2-4,6,8-10,12-14,24H,5,7,11H2,1H3;1H. The fourth-order valence-electron chi connectivity index (χ4n) is 2.96. The number of hydrogen-bond acceptors (Lipinski definition) is 2. The van der Waals surface area contributed by atoms with Crippen LogP contribution in [0.2, 0.25) is 0 Å². The maximum absolute atomic E-state index is 12.7. The van der Waals surface area contributed by atoms with E-state index in [-0.39, 0.29) is 18.4 Å². The second-order valence-corrected chi connectivity index (χ2v) is 7.08. The zero-order valence-electron chi connectivity index (χ0n) is 14.3. The van der Waals surface area contributed by atoms with Gasteiger partial charge in [-0.3, -0.25) is 0 Å². The molecule has 1 atom stereocenters. The third-order valence-corrected chi connectivity index (χ3v) is 5.31. The van der Waals surface area contributed by atoms with Crippen molar-refractivity contribution in [2.45, 2.75) is 32.0 Å². The zero-order chi connectivity index (χ0) is 17.9. The summed E-state index contributed by atoms with van der Waals surface area (Å²) in [5.41, 5.74) is 1.43. The Morgan fingerprint density at radius 3 is 2.62 bits per heavy atom. The van der Waals surface area contributed by atoms with Crippen LogP contribution < -0.4 is 5.32 Å². The van der Waals surface area contributed by atoms with Gasteiger partial charge < -0.3 is 5.32 Å². The Morgan fingerprint density at radius 2 is 1.85 bits per heavy atom. The lowest BCUT2D eigenvalue weighted by Crippen LogP contribution is -2.20. The van der Waals surface area contributed by atoms with Gasteiger partial charge in [-0.05, 0) is 60.3 Å². The first-order valence-corrected chi connectivity index (χ1v) is 9.19. The summed E-state index contributed by atoms with van der Waals surface area (Å²) in [7, 11) is 0. The van der Waals surface area contributed by atoms with E-state index in [1.807, 2.05) is 12.1 Å². The number of nitrogens with one attached hydrogen (secondary N) is 1. The maximum atomic E-state index is 12.7. The molecule has 140 valence electrons. The lowest BCUT2D eigenvalue weighted by atomic mass is 10.1. The Labute approximate surface area is 161 Å². The zero-order valence-corrected chi connectivity index (χ0v) is 16.0. The van der Waals surface area contributed by atoms with Crippen molar-refractivity contribution in [1.29, 1.82) is 0 Å². The van der Waals surface area contributed by atoms with E-state index in [4.69, 9.17) is 0 Å². The fraction of sp³-hybridized carbons (Fsp3) is 0.300. The molecule has 1 heterocycles. The lowest BCUT2D eigenvalue weighted by molar-refractivity contribution is -0.137. The first kappa shape index (κ1) is 20.7. The van der Waals surface area contributed by atoms with E-state index >= 15 is 0 Å². The Morgan fingerprint density at radius 1 is 1.08 bits per heavy atom. The van der Waals surface area contributed by atoms with E-state index in [1.165, 1.54) is 27.8 Å². The number of fused-ring (bicyclic) bond motifs is 1. The van der Waals surface area contributed by atoms with Gasteiger partial charge in [-0.1, -0.05) is 36.4 Å². The second kappa shape index (κ2) is 8.89. The van der Waals surface area contributed by atoms with Gasteiger partial charge in [-0.25, -0.2) is 0 Å². The molecule has 1 aromatic heterocycles. The number of rotatable bonds is 6. The molecule has 0 bridgehead atoms. The van der Waals surface area contributed by atoms with Gasteiger partial charge in [0.05, 0.1) is 5.56 Å². The summed E-state index contributed by atoms with van der Waals surface area (Å²) in [6.45, 7) is 2.89. The van der Waals surface area contributed by atoms with Gasteiger partial charge in [0.2, 0.25) is 0 Å². The first-order valence-electron chi connectivity index (χ1n) is 8.31. The molecular weight excluding hydrogens is 379 g/mol. The summed E-state index contributed by atoms with van der Waals surface area (Å²) in [6.07, 6.45) is -2.84. The topological polar surface area (TPSA) is 12.0 Å². The van der Waals surface area contributed by atoms with E-state index in [0.29, 0.717) is 6.42 Å². The normalized spacial score (nSPS) is 12.8. The van der Waals surface area contributed by atoms with Gasteiger partial charge in [0.1, 0.15) is 0 Å². The molecule has 2 aromatic carbocycles. The predicted octanol–water partition coefficient (Wildman–Crippen LogP) is 6.63. The van der Waals surface area contributed by atoms with E-state index in [1.54, 1.807) is 17.4 Å². The molecule has 3 aromatic rings. The van der Waals surface area contributed by atoms with Crippen LogP contribution in [0, 0.1) is 0 Å². The van der Waals surface area contributed by atoms with Crippen LogP contribution in [0.15, 0.2) is 53.9 Å². The van der Waals surface area contributed by atoms with Crippen molar-refractivity contribution in [3.05, 3.63) is 70.6 Å². The fourth-order valence-corrected chi connectivity index (χ4v) is 4.01. The second-order valence-electron chi connectivity index (χ2n) is 6.16. The number of hydrogen-bond donors (Lipinski definition) is 1. The van der Waals surface area contributed by atoms with Crippen LogP contribution in [0.4, 0.5) is 13.2 Å². The number of halogens is 4. The highest BCUT2D eigenvalue weighted by molar-refractivity contribution is 7.17. The van der Waals surface area contributed by atoms with E-state index < -0.39 is 11.7 Å². The summed E-state index contributed by atoms with van der Waals surface area (Å²) >= 11 is 1.74. The molecule has 0 aliphatic heterocycles. The van der Waals surface area contributed by atoms with Crippen molar-refractivity contribution in [2.24, 2.45) is 0 Å². The van der Waals surface area contributed by atoms with Crippen LogP contribution in [0.25, 0.3) is 10.1 Å². The monoisotopic (exact) mass is 399 g/mol. The summed E-state index contributed by atoms with van der Waals surface area (Å²) in [5.74, 6) is 0. The summed E-state index contributed by atoms with van der Waals surface area (Å²) in [6, 6.07) is 14.1. The van der Waals surface area contributed by atoms with Crippen LogP contribution in [0.5, 0.6) is 0 Å². The third kappa shape index (κ3) is 5.00. The van der Waals surface area contributed by atoms with E-state index in [9.17, 15) is 13.2 Å². The Kier molecular flexibility index (Phi) is 7.09. The molecule has 0 aliphatic rings. The minimum Gasteiger partial charge on any atom is -0.310 e. The number of alkyl halides is 3. The van der Waals surface area contributed by atoms with Gasteiger partial charge in [0, 0.05) is 10.7 Å². The molecule has 1 unspecified atom stereocenters. The van der Waals surface area contributed by atoms with Crippen molar-refractivity contribution < 1.29 is 13.2 Å². The highest BCUT2D eigenvalue weighted by Gasteiger charge is 2.30. The molecule has 0 radical (unpaired) electrons. The van der Waals surface area contributed by atoms with Crippen molar-refractivity contribution in [1.82, 2.24) is 5.32 Å². The Balaban J connectivity index is 0.00000243. The van der Waals surface area contributed by atoms with Gasteiger partial charge in [-0.2, -0.15) is 13.2 Å².